The number of nitrogens with zero attached hydrogens (tertiary/aromatic N) is 1. The summed E-state index contributed by atoms with van der Waals surface area (Å²) in [5, 5.41) is 2.92. The highest BCUT2D eigenvalue weighted by molar-refractivity contribution is 7.89. The maximum atomic E-state index is 13.2. The summed E-state index contributed by atoms with van der Waals surface area (Å²) in [6.45, 7) is 3.31. The Kier molecular flexibility index (Phi) is 6.20. The number of rotatable bonds is 6. The van der Waals surface area contributed by atoms with Crippen molar-refractivity contribution < 1.29 is 13.2 Å². The fourth-order valence-corrected chi connectivity index (χ4v) is 5.33. The van der Waals surface area contributed by atoms with Crippen LogP contribution in [0.3, 0.4) is 0 Å². The third-order valence-corrected chi connectivity index (χ3v) is 7.61. The Morgan fingerprint density at radius 3 is 2.45 bits per heavy atom. The summed E-state index contributed by atoms with van der Waals surface area (Å²) in [7, 11) is -3.68. The third-order valence-electron chi connectivity index (χ3n) is 5.77. The molecule has 0 aliphatic carbocycles. The minimum absolute atomic E-state index is 0.149. The zero-order valence-electron chi connectivity index (χ0n) is 17.5. The molecule has 3 aromatic rings. The molecule has 0 saturated heterocycles. The molecule has 160 valence electrons. The van der Waals surface area contributed by atoms with Crippen molar-refractivity contribution in [1.82, 2.24) is 9.62 Å². The number of hydrogen-bond acceptors (Lipinski definition) is 3. The van der Waals surface area contributed by atoms with Gasteiger partial charge in [-0.25, -0.2) is 8.42 Å². The van der Waals surface area contributed by atoms with Gasteiger partial charge in [0.25, 0.3) is 5.91 Å². The predicted molar refractivity (Wildman–Crippen MR) is 121 cm³/mol. The van der Waals surface area contributed by atoms with E-state index in [-0.39, 0.29) is 16.7 Å². The summed E-state index contributed by atoms with van der Waals surface area (Å²) in [5.41, 5.74) is 3.71. The molecule has 4 rings (SSSR count). The predicted octanol–water partition coefficient (Wildman–Crippen LogP) is 3.97. The van der Waals surface area contributed by atoms with E-state index in [2.05, 4.69) is 5.32 Å². The number of carbonyl (C=O) groups excluding carboxylic acids is 1. The second-order valence-corrected chi connectivity index (χ2v) is 9.84. The molecule has 6 heteroatoms. The highest BCUT2D eigenvalue weighted by Gasteiger charge is 2.28. The van der Waals surface area contributed by atoms with E-state index in [9.17, 15) is 13.2 Å². The lowest BCUT2D eigenvalue weighted by atomic mass is 10.0. The van der Waals surface area contributed by atoms with Gasteiger partial charge in [-0.2, -0.15) is 4.31 Å². The first-order chi connectivity index (χ1) is 14.9. The van der Waals surface area contributed by atoms with E-state index in [4.69, 9.17) is 0 Å². The highest BCUT2D eigenvalue weighted by atomic mass is 32.2. The molecule has 1 unspecified atom stereocenters. The van der Waals surface area contributed by atoms with Gasteiger partial charge in [0.2, 0.25) is 10.0 Å². The van der Waals surface area contributed by atoms with E-state index in [0.29, 0.717) is 31.6 Å². The number of benzene rings is 3. The fourth-order valence-electron chi connectivity index (χ4n) is 3.87. The van der Waals surface area contributed by atoms with E-state index in [0.717, 1.165) is 11.1 Å². The molecular formula is C25H26N2O3S. The van der Waals surface area contributed by atoms with Gasteiger partial charge in [0.05, 0.1) is 4.90 Å². The van der Waals surface area contributed by atoms with Gasteiger partial charge in [0.15, 0.2) is 0 Å². The minimum atomic E-state index is -3.68. The number of amides is 1. The van der Waals surface area contributed by atoms with Crippen LogP contribution in [0.4, 0.5) is 0 Å². The van der Waals surface area contributed by atoms with Gasteiger partial charge in [-0.05, 0) is 47.2 Å². The first-order valence-corrected chi connectivity index (χ1v) is 11.9. The highest BCUT2D eigenvalue weighted by Crippen LogP contribution is 2.25. The Labute approximate surface area is 183 Å². The van der Waals surface area contributed by atoms with Crippen LogP contribution in [0.2, 0.25) is 0 Å². The Balaban J connectivity index is 1.47. The number of sulfonamides is 1. The van der Waals surface area contributed by atoms with E-state index >= 15 is 0 Å². The first-order valence-electron chi connectivity index (χ1n) is 10.5. The van der Waals surface area contributed by atoms with Crippen LogP contribution in [0.5, 0.6) is 0 Å². The Morgan fingerprint density at radius 1 is 0.968 bits per heavy atom. The van der Waals surface area contributed by atoms with Crippen LogP contribution in [0.25, 0.3) is 0 Å². The number of nitrogens with one attached hydrogen (secondary N) is 1. The zero-order valence-corrected chi connectivity index (χ0v) is 18.3. The van der Waals surface area contributed by atoms with Gasteiger partial charge < -0.3 is 5.32 Å². The molecule has 3 aromatic carbocycles. The molecule has 1 aliphatic heterocycles. The van der Waals surface area contributed by atoms with Crippen molar-refractivity contribution in [3.63, 3.8) is 0 Å². The number of fused-ring (bicyclic) bond motifs is 1. The second kappa shape index (κ2) is 9.04. The van der Waals surface area contributed by atoms with Crippen LogP contribution < -0.4 is 5.32 Å². The van der Waals surface area contributed by atoms with Crippen molar-refractivity contribution in [2.24, 2.45) is 0 Å². The Hall–Kier alpha value is -2.96. The van der Waals surface area contributed by atoms with Gasteiger partial charge in [-0.3, -0.25) is 4.79 Å². The van der Waals surface area contributed by atoms with Gasteiger partial charge in [0, 0.05) is 25.2 Å². The zero-order chi connectivity index (χ0) is 21.8. The van der Waals surface area contributed by atoms with Crippen molar-refractivity contribution in [2.75, 3.05) is 13.1 Å². The lowest BCUT2D eigenvalue weighted by Crippen LogP contribution is -2.36. The van der Waals surface area contributed by atoms with Crippen molar-refractivity contribution in [1.29, 1.82) is 0 Å². The van der Waals surface area contributed by atoms with Crippen LogP contribution in [0, 0.1) is 0 Å². The molecule has 1 atom stereocenters. The monoisotopic (exact) mass is 434 g/mol. The van der Waals surface area contributed by atoms with Crippen molar-refractivity contribution >= 4 is 15.9 Å². The minimum Gasteiger partial charge on any atom is -0.351 e. The van der Waals surface area contributed by atoms with E-state index in [1.165, 1.54) is 15.9 Å². The molecule has 1 amide bonds. The molecule has 0 bridgehead atoms. The van der Waals surface area contributed by atoms with E-state index in [1.807, 2.05) is 61.5 Å². The maximum absolute atomic E-state index is 13.2. The molecule has 0 fully saturated rings. The first kappa shape index (κ1) is 21.3. The normalized spacial score (nSPS) is 15.1. The van der Waals surface area contributed by atoms with Gasteiger partial charge in [0.1, 0.15) is 0 Å². The van der Waals surface area contributed by atoms with Gasteiger partial charge in [-0.15, -0.1) is 0 Å². The summed E-state index contributed by atoms with van der Waals surface area (Å²) in [4.78, 5) is 12.8. The summed E-state index contributed by atoms with van der Waals surface area (Å²) in [5.74, 6) is -0.116. The summed E-state index contributed by atoms with van der Waals surface area (Å²) < 4.78 is 27.9. The standard InChI is InChI=1S/C25H26N2O3S/c1-19(20-8-3-2-4-9-20)17-26-25(28)22-12-7-13-24(16-22)31(29,30)27-15-14-21-10-5-6-11-23(21)18-27/h2-13,16,19H,14-15,17-18H2,1H3,(H,26,28). The fraction of sp³-hybridized carbons (Fsp3) is 0.240. The van der Waals surface area contributed by atoms with E-state index in [1.54, 1.807) is 18.2 Å². The van der Waals surface area contributed by atoms with Gasteiger partial charge in [-0.1, -0.05) is 67.6 Å². The smallest absolute Gasteiger partial charge is 0.251 e. The lowest BCUT2D eigenvalue weighted by molar-refractivity contribution is 0.0951. The van der Waals surface area contributed by atoms with Crippen molar-refractivity contribution in [2.45, 2.75) is 30.7 Å². The second-order valence-electron chi connectivity index (χ2n) is 7.91. The molecule has 0 spiro atoms. The Bertz CT molecular complexity index is 1180. The molecule has 1 aliphatic rings. The maximum Gasteiger partial charge on any atom is 0.251 e. The average Bonchev–Trinajstić information content (AvgIpc) is 2.82. The van der Waals surface area contributed by atoms with Crippen molar-refractivity contribution in [3.05, 3.63) is 101 Å². The topological polar surface area (TPSA) is 66.5 Å². The molecule has 0 aromatic heterocycles. The van der Waals surface area contributed by atoms with Crippen molar-refractivity contribution in [3.8, 4) is 0 Å². The molecule has 0 radical (unpaired) electrons. The number of hydrogen-bond donors (Lipinski definition) is 1. The summed E-state index contributed by atoms with van der Waals surface area (Å²) >= 11 is 0. The molecule has 5 nitrogen and oxygen atoms in total. The van der Waals surface area contributed by atoms with Crippen LogP contribution >= 0.6 is 0 Å². The largest absolute Gasteiger partial charge is 0.351 e. The average molecular weight is 435 g/mol. The lowest BCUT2D eigenvalue weighted by Gasteiger charge is -2.28. The summed E-state index contributed by atoms with van der Waals surface area (Å²) in [6.07, 6.45) is 0.687. The SMILES string of the molecule is CC(CNC(=O)c1cccc(S(=O)(=O)N2CCc3ccccc3C2)c1)c1ccccc1. The molecule has 31 heavy (non-hydrogen) atoms. The van der Waals surface area contributed by atoms with Crippen LogP contribution in [-0.2, 0) is 23.0 Å². The van der Waals surface area contributed by atoms with E-state index < -0.39 is 10.0 Å². The summed E-state index contributed by atoms with van der Waals surface area (Å²) in [6, 6.07) is 24.2. The quantitative estimate of drug-likeness (QED) is 0.638. The molecule has 1 N–H and O–H groups in total. The van der Waals surface area contributed by atoms with Crippen LogP contribution in [0.1, 0.15) is 39.9 Å². The number of carbonyl (C=O) groups is 1. The Morgan fingerprint density at radius 2 is 1.68 bits per heavy atom. The van der Waals surface area contributed by atoms with Crippen LogP contribution in [0.15, 0.2) is 83.8 Å². The molecular weight excluding hydrogens is 408 g/mol. The van der Waals surface area contributed by atoms with Gasteiger partial charge >= 0.3 is 0 Å². The molecule has 1 heterocycles. The third kappa shape index (κ3) is 4.70. The molecule has 0 saturated carbocycles. The van der Waals surface area contributed by atoms with Crippen LogP contribution in [-0.4, -0.2) is 31.7 Å².